The van der Waals surface area contributed by atoms with Crippen LogP contribution in [0.3, 0.4) is 0 Å². The fourth-order valence-corrected chi connectivity index (χ4v) is 14.3. The van der Waals surface area contributed by atoms with Crippen molar-refractivity contribution >= 4 is 41.3 Å². The number of fused-ring (bicyclic) bond motifs is 11. The molecule has 1 unspecified atom stereocenters. The SMILES string of the molecule is CCCCCc1cc(O)c2c(c1)OC(C)(C)c1ccc(C)cc1-2.CCCCCc1cc(OC(=O)c2ccc3ccccc3c2)c2c(c1)OC(C)(C)[C@@H]1CCC(C)=CC21.CCCCCc1cc(OC(=O)c2ccc3ccccc3c2)c2c(c1)OC(C)(C)c1ccc(C)cc1-2.[B]C#N. The van der Waals surface area contributed by atoms with Gasteiger partial charge in [0.25, 0.3) is 0 Å². The number of hydrogen-bond donors (Lipinski definition) is 1. The molecular weight excluding hydrogens is 1190 g/mol. The minimum Gasteiger partial charge on any atom is -0.507 e. The van der Waals surface area contributed by atoms with Gasteiger partial charge in [-0.15, -0.1) is 0 Å². The summed E-state index contributed by atoms with van der Waals surface area (Å²) in [6.07, 6.45) is 17.8. The zero-order chi connectivity index (χ0) is 68.5. The molecule has 3 heterocycles. The predicted molar refractivity (Wildman–Crippen MR) is 391 cm³/mol. The van der Waals surface area contributed by atoms with E-state index >= 15 is 0 Å². The second-order valence-electron chi connectivity index (χ2n) is 28.1. The molecule has 4 aliphatic rings. The molecule has 0 aromatic heterocycles. The van der Waals surface area contributed by atoms with Crippen LogP contribution in [0, 0.1) is 31.0 Å². The first kappa shape index (κ1) is 69.8. The van der Waals surface area contributed by atoms with Crippen LogP contribution in [0.4, 0.5) is 0 Å². The average Bonchev–Trinajstić information content (AvgIpc) is 0.755. The third kappa shape index (κ3) is 15.9. The summed E-state index contributed by atoms with van der Waals surface area (Å²) in [7, 11) is 4.15. The van der Waals surface area contributed by atoms with E-state index in [0.29, 0.717) is 34.3 Å². The van der Waals surface area contributed by atoms with Crippen molar-refractivity contribution in [1.29, 1.82) is 5.26 Å². The highest BCUT2D eigenvalue weighted by Crippen LogP contribution is 2.55. The normalized spacial score (nSPS) is 16.0. The second-order valence-corrected chi connectivity index (χ2v) is 28.1. The first-order valence-electron chi connectivity index (χ1n) is 34.7. The molecular formula is C86H94BNO8. The first-order chi connectivity index (χ1) is 46.0. The van der Waals surface area contributed by atoms with Crippen molar-refractivity contribution in [1.82, 2.24) is 0 Å². The lowest BCUT2D eigenvalue weighted by Crippen LogP contribution is -2.45. The van der Waals surface area contributed by atoms with E-state index in [1.54, 1.807) is 0 Å². The maximum Gasteiger partial charge on any atom is 0.343 e. The highest BCUT2D eigenvalue weighted by molar-refractivity contribution is 6.20. The lowest BCUT2D eigenvalue weighted by molar-refractivity contribution is 0.0105. The van der Waals surface area contributed by atoms with Crippen LogP contribution in [0.5, 0.6) is 34.5 Å². The van der Waals surface area contributed by atoms with Crippen LogP contribution >= 0.6 is 0 Å². The van der Waals surface area contributed by atoms with Gasteiger partial charge >= 0.3 is 11.9 Å². The van der Waals surface area contributed by atoms with Gasteiger partial charge in [-0.3, -0.25) is 0 Å². The molecule has 0 saturated carbocycles. The molecule has 13 rings (SSSR count). The number of benzene rings is 9. The third-order valence-corrected chi connectivity index (χ3v) is 19.3. The number of allylic oxidation sites excluding steroid dienone is 2. The number of unbranched alkanes of at least 4 members (excludes halogenated alkanes) is 6. The molecule has 9 aromatic carbocycles. The molecule has 0 spiro atoms. The van der Waals surface area contributed by atoms with Crippen molar-refractivity contribution in [3.05, 3.63) is 225 Å². The highest BCUT2D eigenvalue weighted by Gasteiger charge is 2.46. The number of rotatable bonds is 16. The Hall–Kier alpha value is -9.07. The van der Waals surface area contributed by atoms with Gasteiger partial charge in [0.2, 0.25) is 7.85 Å². The molecule has 2 atom stereocenters. The molecule has 0 saturated heterocycles. The van der Waals surface area contributed by atoms with Crippen LogP contribution in [0.1, 0.15) is 211 Å². The third-order valence-electron chi connectivity index (χ3n) is 19.3. The van der Waals surface area contributed by atoms with E-state index < -0.39 is 5.60 Å². The molecule has 2 radical (unpaired) electrons. The molecule has 0 bridgehead atoms. The van der Waals surface area contributed by atoms with E-state index in [4.69, 9.17) is 28.9 Å². The number of esters is 2. The van der Waals surface area contributed by atoms with E-state index in [9.17, 15) is 14.7 Å². The van der Waals surface area contributed by atoms with Crippen molar-refractivity contribution in [2.24, 2.45) is 5.92 Å². The lowest BCUT2D eigenvalue weighted by atomic mass is 9.68. The van der Waals surface area contributed by atoms with Gasteiger partial charge in [0, 0.05) is 28.5 Å². The fraction of sp³-hybridized carbons (Fsp3) is 0.360. The number of nitriles is 1. The molecule has 1 aliphatic carbocycles. The molecule has 0 fully saturated rings. The summed E-state index contributed by atoms with van der Waals surface area (Å²) >= 11 is 0. The highest BCUT2D eigenvalue weighted by atomic mass is 16.5. The first-order valence-corrected chi connectivity index (χ1v) is 34.7. The maximum absolute atomic E-state index is 13.4. The topological polar surface area (TPSA) is 124 Å². The molecule has 494 valence electrons. The van der Waals surface area contributed by atoms with Crippen molar-refractivity contribution in [3.63, 3.8) is 0 Å². The van der Waals surface area contributed by atoms with Gasteiger partial charge in [-0.05, 0) is 230 Å². The molecule has 10 heteroatoms. The van der Waals surface area contributed by atoms with Crippen molar-refractivity contribution in [2.75, 3.05) is 0 Å². The molecule has 9 nitrogen and oxygen atoms in total. The molecule has 3 aliphatic heterocycles. The van der Waals surface area contributed by atoms with Gasteiger partial charge in [-0.25, -0.2) is 14.9 Å². The quantitative estimate of drug-likeness (QED) is 0.0331. The average molecular weight is 1280 g/mol. The monoisotopic (exact) mass is 1280 g/mol. The number of hydrogen-bond acceptors (Lipinski definition) is 9. The Labute approximate surface area is 571 Å². The summed E-state index contributed by atoms with van der Waals surface area (Å²) in [5, 5.41) is 22.0. The number of carbonyl (C=O) groups excluding carboxylic acids is 2. The maximum atomic E-state index is 13.4. The molecule has 96 heavy (non-hydrogen) atoms. The Morgan fingerprint density at radius 1 is 0.531 bits per heavy atom. The number of carbonyl (C=O) groups is 2. The predicted octanol–water partition coefficient (Wildman–Crippen LogP) is 22.2. The summed E-state index contributed by atoms with van der Waals surface area (Å²) in [4.78, 5) is 26.7. The van der Waals surface area contributed by atoms with Gasteiger partial charge < -0.3 is 28.8 Å². The Morgan fingerprint density at radius 2 is 0.969 bits per heavy atom. The molecule has 0 amide bonds. The standard InChI is InChI=1S/C32H36O3.C32H32O3.C21H26O2.CBN/c2*1-5-6-7-10-22-18-28(34-31(33)25-15-14-23-11-8-9-12-24(23)20-25)30-26-17-21(2)13-16-27(26)32(3,4)35-29(30)19-22;1-5-6-7-8-15-12-18(22)20-16-11-14(2)9-10-17(16)21(3,4)23-19(20)13-15;2-1-3/h8-9,11-12,14-15,17-20,26-27H,5-7,10,13,16H2,1-4H3;8-9,11-20H,5-7,10H2,1-4H3;9-13,22H,5-8H2,1-4H3;/t26?,27-;;;/m1.../s1. The smallest absolute Gasteiger partial charge is 0.343 e. The molecule has 9 aromatic rings. The summed E-state index contributed by atoms with van der Waals surface area (Å²) < 4.78 is 31.8. The van der Waals surface area contributed by atoms with Gasteiger partial charge in [0.05, 0.1) is 22.3 Å². The Kier molecular flexibility index (Phi) is 22.0. The van der Waals surface area contributed by atoms with Gasteiger partial charge in [0.15, 0.2) is 0 Å². The van der Waals surface area contributed by atoms with E-state index in [2.05, 4.69) is 164 Å². The number of aromatic hydroxyl groups is 1. The summed E-state index contributed by atoms with van der Waals surface area (Å²) in [5.41, 5.74) is 14.3. The number of nitrogens with zero attached hydrogens (tertiary/aromatic N) is 1. The minimum atomic E-state index is -0.475. The summed E-state index contributed by atoms with van der Waals surface area (Å²) in [5.74, 6) is 5.12. The van der Waals surface area contributed by atoms with Crippen LogP contribution in [0.25, 0.3) is 43.8 Å². The number of aryl methyl sites for hydroxylation is 5. The van der Waals surface area contributed by atoms with Crippen LogP contribution in [-0.2, 0) is 30.5 Å². The van der Waals surface area contributed by atoms with Gasteiger partial charge in [-0.1, -0.05) is 179 Å². The Bertz CT molecular complexity index is 4390. The van der Waals surface area contributed by atoms with Crippen LogP contribution < -0.4 is 23.7 Å². The van der Waals surface area contributed by atoms with Crippen molar-refractivity contribution in [3.8, 4) is 62.7 Å². The number of phenolic OH excluding ortho intramolecular Hbond substituents is 1. The Balaban J connectivity index is 0.000000157. The van der Waals surface area contributed by atoms with Crippen LogP contribution in [-0.4, -0.2) is 30.5 Å². The van der Waals surface area contributed by atoms with E-state index in [1.807, 2.05) is 91.0 Å². The number of phenols is 1. The summed E-state index contributed by atoms with van der Waals surface area (Å²) in [6.45, 7) is 25.8. The largest absolute Gasteiger partial charge is 0.507 e. The van der Waals surface area contributed by atoms with Crippen molar-refractivity contribution < 1.29 is 38.4 Å². The van der Waals surface area contributed by atoms with Crippen molar-refractivity contribution in [2.45, 2.75) is 196 Å². The lowest BCUT2D eigenvalue weighted by Gasteiger charge is -2.46. The fourth-order valence-electron chi connectivity index (χ4n) is 14.3. The second kappa shape index (κ2) is 30.3. The summed E-state index contributed by atoms with van der Waals surface area (Å²) in [6, 6.07) is 52.8. The van der Waals surface area contributed by atoms with Crippen LogP contribution in [0.15, 0.2) is 169 Å². The van der Waals surface area contributed by atoms with Gasteiger partial charge in [-0.2, -0.15) is 0 Å². The number of ether oxygens (including phenoxy) is 5. The van der Waals surface area contributed by atoms with E-state index in [-0.39, 0.29) is 29.1 Å². The van der Waals surface area contributed by atoms with Gasteiger partial charge in [0.1, 0.15) is 51.3 Å². The van der Waals surface area contributed by atoms with E-state index in [0.717, 1.165) is 159 Å². The Morgan fingerprint density at radius 3 is 1.47 bits per heavy atom. The molecule has 1 N–H and O–H groups in total. The zero-order valence-corrected chi connectivity index (χ0v) is 58.5. The zero-order valence-electron chi connectivity index (χ0n) is 58.5. The van der Waals surface area contributed by atoms with E-state index in [1.165, 1.54) is 48.4 Å². The minimum absolute atomic E-state index is 0.187. The van der Waals surface area contributed by atoms with Crippen LogP contribution in [0.2, 0.25) is 0 Å².